The summed E-state index contributed by atoms with van der Waals surface area (Å²) in [5.74, 6) is 0.942. The van der Waals surface area contributed by atoms with E-state index in [1.807, 2.05) is 36.4 Å². The van der Waals surface area contributed by atoms with E-state index in [1.54, 1.807) is 25.3 Å². The number of ether oxygens (including phenoxy) is 2. The quantitative estimate of drug-likeness (QED) is 0.474. The molecule has 21 heavy (non-hydrogen) atoms. The summed E-state index contributed by atoms with van der Waals surface area (Å²) in [4.78, 5) is 11.7. The first-order valence-electron chi connectivity index (χ1n) is 6.84. The number of rotatable bonds is 5. The smallest absolute Gasteiger partial charge is 0.336 e. The Hall–Kier alpha value is -2.55. The van der Waals surface area contributed by atoms with Crippen LogP contribution in [-0.2, 0) is 11.2 Å². The minimum atomic E-state index is -0.393. The van der Waals surface area contributed by atoms with Crippen molar-refractivity contribution in [2.75, 3.05) is 7.11 Å². The third kappa shape index (κ3) is 4.49. The van der Waals surface area contributed by atoms with E-state index in [1.165, 1.54) is 11.6 Å². The van der Waals surface area contributed by atoms with Crippen molar-refractivity contribution >= 4 is 12.0 Å². The zero-order chi connectivity index (χ0) is 15.1. The Balaban J connectivity index is 1.94. The van der Waals surface area contributed by atoms with Gasteiger partial charge in [-0.2, -0.15) is 0 Å². The summed E-state index contributed by atoms with van der Waals surface area (Å²) < 4.78 is 10.3. The molecule has 0 amide bonds. The van der Waals surface area contributed by atoms with Crippen LogP contribution in [0.3, 0.4) is 0 Å². The normalized spacial score (nSPS) is 10.6. The molecule has 0 spiro atoms. The third-order valence-corrected chi connectivity index (χ3v) is 3.08. The number of hydrogen-bond donors (Lipinski definition) is 0. The van der Waals surface area contributed by atoms with Crippen LogP contribution in [0.2, 0.25) is 0 Å². The van der Waals surface area contributed by atoms with Crippen molar-refractivity contribution in [2.24, 2.45) is 0 Å². The standard InChI is InChI=1S/C18H18O3/c1-3-14-4-11-17(12-5-14)21-18(19)13-8-15-6-9-16(20-2)10-7-15/h4-13H,3H2,1-2H3/b13-8+. The maximum Gasteiger partial charge on any atom is 0.336 e. The van der Waals surface area contributed by atoms with Crippen molar-refractivity contribution in [2.45, 2.75) is 13.3 Å². The van der Waals surface area contributed by atoms with Crippen LogP contribution in [0, 0.1) is 0 Å². The van der Waals surface area contributed by atoms with E-state index in [-0.39, 0.29) is 0 Å². The molecule has 0 radical (unpaired) electrons. The number of esters is 1. The molecule has 0 N–H and O–H groups in total. The van der Waals surface area contributed by atoms with Gasteiger partial charge in [-0.15, -0.1) is 0 Å². The highest BCUT2D eigenvalue weighted by atomic mass is 16.5. The Morgan fingerprint density at radius 1 is 1.00 bits per heavy atom. The van der Waals surface area contributed by atoms with Gasteiger partial charge in [0.1, 0.15) is 11.5 Å². The van der Waals surface area contributed by atoms with Gasteiger partial charge >= 0.3 is 5.97 Å². The number of carbonyl (C=O) groups is 1. The van der Waals surface area contributed by atoms with Gasteiger partial charge in [0.2, 0.25) is 0 Å². The SMILES string of the molecule is CCc1ccc(OC(=O)/C=C/c2ccc(OC)cc2)cc1. The van der Waals surface area contributed by atoms with E-state index in [2.05, 4.69) is 6.92 Å². The summed E-state index contributed by atoms with van der Waals surface area (Å²) in [5.41, 5.74) is 2.12. The van der Waals surface area contributed by atoms with Crippen LogP contribution in [-0.4, -0.2) is 13.1 Å². The molecule has 0 heterocycles. The molecule has 0 unspecified atom stereocenters. The van der Waals surface area contributed by atoms with Crippen molar-refractivity contribution in [3.8, 4) is 11.5 Å². The predicted molar refractivity (Wildman–Crippen MR) is 83.5 cm³/mol. The second kappa shape index (κ2) is 7.29. The van der Waals surface area contributed by atoms with Gasteiger partial charge in [-0.05, 0) is 47.9 Å². The molecule has 0 aliphatic rings. The first kappa shape index (κ1) is 14.9. The van der Waals surface area contributed by atoms with Gasteiger partial charge in [0.25, 0.3) is 0 Å². The molecule has 0 atom stereocenters. The number of benzene rings is 2. The number of aryl methyl sites for hydroxylation is 1. The van der Waals surface area contributed by atoms with Gasteiger partial charge in [0.05, 0.1) is 7.11 Å². The lowest BCUT2D eigenvalue weighted by molar-refractivity contribution is -0.128. The molecular weight excluding hydrogens is 264 g/mol. The van der Waals surface area contributed by atoms with Crippen LogP contribution in [0.15, 0.2) is 54.6 Å². The van der Waals surface area contributed by atoms with E-state index in [0.29, 0.717) is 5.75 Å². The lowest BCUT2D eigenvalue weighted by Crippen LogP contribution is -2.03. The Bertz CT molecular complexity index is 610. The molecule has 0 aromatic heterocycles. The van der Waals surface area contributed by atoms with E-state index in [9.17, 15) is 4.79 Å². The van der Waals surface area contributed by atoms with Gasteiger partial charge < -0.3 is 9.47 Å². The fraction of sp³-hybridized carbons (Fsp3) is 0.167. The van der Waals surface area contributed by atoms with Gasteiger partial charge in [0, 0.05) is 6.08 Å². The van der Waals surface area contributed by atoms with E-state index < -0.39 is 5.97 Å². The van der Waals surface area contributed by atoms with E-state index >= 15 is 0 Å². The van der Waals surface area contributed by atoms with Gasteiger partial charge in [0.15, 0.2) is 0 Å². The zero-order valence-corrected chi connectivity index (χ0v) is 12.2. The highest BCUT2D eigenvalue weighted by molar-refractivity contribution is 5.88. The van der Waals surface area contributed by atoms with E-state index in [0.717, 1.165) is 17.7 Å². The summed E-state index contributed by atoms with van der Waals surface area (Å²) in [6.45, 7) is 2.08. The van der Waals surface area contributed by atoms with Crippen LogP contribution in [0.5, 0.6) is 11.5 Å². The molecule has 2 rings (SSSR count). The average molecular weight is 282 g/mol. The van der Waals surface area contributed by atoms with Crippen LogP contribution < -0.4 is 9.47 Å². The number of carbonyl (C=O) groups excluding carboxylic acids is 1. The largest absolute Gasteiger partial charge is 0.497 e. The summed E-state index contributed by atoms with van der Waals surface area (Å²) in [6.07, 6.45) is 4.09. The van der Waals surface area contributed by atoms with Crippen LogP contribution in [0.4, 0.5) is 0 Å². The first-order valence-corrected chi connectivity index (χ1v) is 6.84. The second-order valence-electron chi connectivity index (χ2n) is 4.53. The Kier molecular flexibility index (Phi) is 5.16. The highest BCUT2D eigenvalue weighted by Gasteiger charge is 2.00. The van der Waals surface area contributed by atoms with Gasteiger partial charge in [-0.3, -0.25) is 0 Å². The summed E-state index contributed by atoms with van der Waals surface area (Å²) in [7, 11) is 1.62. The minimum absolute atomic E-state index is 0.393. The zero-order valence-electron chi connectivity index (χ0n) is 12.2. The Morgan fingerprint density at radius 3 is 2.19 bits per heavy atom. The number of hydrogen-bond acceptors (Lipinski definition) is 3. The van der Waals surface area contributed by atoms with Crippen molar-refractivity contribution in [3.63, 3.8) is 0 Å². The molecule has 2 aromatic rings. The average Bonchev–Trinajstić information content (AvgIpc) is 2.54. The molecule has 0 bridgehead atoms. The minimum Gasteiger partial charge on any atom is -0.497 e. The summed E-state index contributed by atoms with van der Waals surface area (Å²) >= 11 is 0. The molecule has 3 heteroatoms. The monoisotopic (exact) mass is 282 g/mol. The fourth-order valence-electron chi connectivity index (χ4n) is 1.82. The van der Waals surface area contributed by atoms with Crippen molar-refractivity contribution in [1.82, 2.24) is 0 Å². The molecule has 3 nitrogen and oxygen atoms in total. The second-order valence-corrected chi connectivity index (χ2v) is 4.53. The molecule has 0 saturated carbocycles. The summed E-state index contributed by atoms with van der Waals surface area (Å²) in [5, 5.41) is 0. The van der Waals surface area contributed by atoms with Crippen LogP contribution >= 0.6 is 0 Å². The molecule has 2 aromatic carbocycles. The topological polar surface area (TPSA) is 35.5 Å². The molecule has 0 aliphatic heterocycles. The van der Waals surface area contributed by atoms with Gasteiger partial charge in [-0.1, -0.05) is 31.2 Å². The first-order chi connectivity index (χ1) is 10.2. The van der Waals surface area contributed by atoms with Crippen molar-refractivity contribution < 1.29 is 14.3 Å². The van der Waals surface area contributed by atoms with Crippen molar-refractivity contribution in [1.29, 1.82) is 0 Å². The van der Waals surface area contributed by atoms with Crippen LogP contribution in [0.25, 0.3) is 6.08 Å². The molecule has 0 saturated heterocycles. The molecular formula is C18H18O3. The third-order valence-electron chi connectivity index (χ3n) is 3.08. The fourth-order valence-corrected chi connectivity index (χ4v) is 1.82. The maximum atomic E-state index is 11.7. The van der Waals surface area contributed by atoms with Crippen LogP contribution in [0.1, 0.15) is 18.1 Å². The number of methoxy groups -OCH3 is 1. The van der Waals surface area contributed by atoms with Gasteiger partial charge in [-0.25, -0.2) is 4.79 Å². The summed E-state index contributed by atoms with van der Waals surface area (Å²) in [6, 6.07) is 14.9. The Labute approximate surface area is 124 Å². The van der Waals surface area contributed by atoms with E-state index in [4.69, 9.17) is 9.47 Å². The highest BCUT2D eigenvalue weighted by Crippen LogP contribution is 2.14. The predicted octanol–water partition coefficient (Wildman–Crippen LogP) is 3.88. The molecule has 0 aliphatic carbocycles. The Morgan fingerprint density at radius 2 is 1.62 bits per heavy atom. The molecule has 108 valence electrons. The van der Waals surface area contributed by atoms with Crippen molar-refractivity contribution in [3.05, 3.63) is 65.7 Å². The lowest BCUT2D eigenvalue weighted by Gasteiger charge is -2.02. The maximum absolute atomic E-state index is 11.7. The molecule has 0 fully saturated rings. The lowest BCUT2D eigenvalue weighted by atomic mass is 10.2.